The molecule has 0 heterocycles. The van der Waals surface area contributed by atoms with Gasteiger partial charge in [-0.15, -0.1) is 0 Å². The van der Waals surface area contributed by atoms with Crippen LogP contribution in [0, 0.1) is 13.8 Å². The number of amides is 1. The van der Waals surface area contributed by atoms with Crippen LogP contribution in [0.4, 0.5) is 5.69 Å². The number of hydrogen-bond acceptors (Lipinski definition) is 4. The normalized spacial score (nSPS) is 12.1. The first-order valence-corrected chi connectivity index (χ1v) is 11.2. The summed E-state index contributed by atoms with van der Waals surface area (Å²) in [5, 5.41) is 4.65. The number of esters is 1. The molecule has 4 aromatic carbocycles. The largest absolute Gasteiger partial charge is 0.457 e. The van der Waals surface area contributed by atoms with Gasteiger partial charge in [0, 0.05) is 12.2 Å². The van der Waals surface area contributed by atoms with Gasteiger partial charge in [0.15, 0.2) is 0 Å². The number of carbonyl (C=O) groups is 2. The fraction of sp³-hybridized carbons (Fsp3) is 0.172. The quantitative estimate of drug-likeness (QED) is 0.362. The van der Waals surface area contributed by atoms with Gasteiger partial charge in [-0.05, 0) is 59.5 Å². The van der Waals surface area contributed by atoms with Gasteiger partial charge < -0.3 is 15.8 Å². The van der Waals surface area contributed by atoms with Gasteiger partial charge >= 0.3 is 5.97 Å². The van der Waals surface area contributed by atoms with E-state index in [0.717, 1.165) is 33.0 Å². The molecule has 172 valence electrons. The number of hydrogen-bond donors (Lipinski definition) is 2. The summed E-state index contributed by atoms with van der Waals surface area (Å²) in [4.78, 5) is 25.4. The van der Waals surface area contributed by atoms with Crippen molar-refractivity contribution >= 4 is 28.3 Å². The highest BCUT2D eigenvalue weighted by molar-refractivity contribution is 5.98. The lowest BCUT2D eigenvalue weighted by Crippen LogP contribution is -2.27. The highest BCUT2D eigenvalue weighted by atomic mass is 16.5. The zero-order valence-corrected chi connectivity index (χ0v) is 19.3. The first kappa shape index (κ1) is 21.9. The number of nitrogens with two attached hydrogens (primary N) is 1. The molecule has 0 fully saturated rings. The molecule has 1 atom stereocenters. The second-order valence-electron chi connectivity index (χ2n) is 8.39. The third-order valence-electron chi connectivity index (χ3n) is 5.84. The fourth-order valence-corrected chi connectivity index (χ4v) is 3.94. The number of fused-ring (bicyclic) bond motifs is 1. The number of anilines is 1. The second kappa shape index (κ2) is 10.3. The topological polar surface area (TPSA) is 81.4 Å². The Bertz CT molecular complexity index is 1380. The smallest absolute Gasteiger partial charge is 0.338 e. The lowest BCUT2D eigenvalue weighted by Gasteiger charge is -2.16. The van der Waals surface area contributed by atoms with Crippen LogP contribution in [-0.2, 0) is 16.1 Å². The van der Waals surface area contributed by atoms with E-state index in [4.69, 9.17) is 11.8 Å². The van der Waals surface area contributed by atoms with Crippen LogP contribution in [0.3, 0.4) is 0 Å². The molecular formula is C29H28N2O3. The van der Waals surface area contributed by atoms with E-state index in [9.17, 15) is 9.59 Å². The molecule has 5 heteroatoms. The monoisotopic (exact) mass is 453 g/mol. The SMILES string of the molecule is [2H]c1cccc2cc(NC(=O)[C@H](CN)c3ccc(COC(=O)c4ccc(C)cc4C)cc3)ccc12. The number of nitrogens with one attached hydrogen (secondary N) is 1. The van der Waals surface area contributed by atoms with Gasteiger partial charge in [-0.2, -0.15) is 0 Å². The van der Waals surface area contributed by atoms with Crippen molar-refractivity contribution in [3.8, 4) is 0 Å². The summed E-state index contributed by atoms with van der Waals surface area (Å²) in [6.07, 6.45) is 0. The Labute approximate surface area is 201 Å². The third kappa shape index (κ3) is 5.33. The number of ether oxygens (including phenoxy) is 1. The molecule has 0 saturated heterocycles. The minimum atomic E-state index is -0.528. The molecule has 0 aromatic heterocycles. The van der Waals surface area contributed by atoms with Crippen molar-refractivity contribution in [3.05, 3.63) is 113 Å². The van der Waals surface area contributed by atoms with Crippen LogP contribution >= 0.6 is 0 Å². The van der Waals surface area contributed by atoms with Gasteiger partial charge in [0.2, 0.25) is 5.91 Å². The van der Waals surface area contributed by atoms with Crippen molar-refractivity contribution in [2.45, 2.75) is 26.4 Å². The summed E-state index contributed by atoms with van der Waals surface area (Å²) >= 11 is 0. The number of benzene rings is 4. The number of carbonyl (C=O) groups excluding carboxylic acids is 2. The van der Waals surface area contributed by atoms with Crippen LogP contribution < -0.4 is 11.1 Å². The molecule has 0 aliphatic carbocycles. The average molecular weight is 454 g/mol. The van der Waals surface area contributed by atoms with E-state index in [1.165, 1.54) is 0 Å². The van der Waals surface area contributed by atoms with E-state index >= 15 is 0 Å². The molecule has 0 aliphatic rings. The summed E-state index contributed by atoms with van der Waals surface area (Å²) in [6.45, 7) is 4.16. The Kier molecular flexibility index (Phi) is 6.64. The second-order valence-corrected chi connectivity index (χ2v) is 8.39. The van der Waals surface area contributed by atoms with Crippen LogP contribution in [0.2, 0.25) is 0 Å². The Morgan fingerprint density at radius 3 is 2.50 bits per heavy atom. The van der Waals surface area contributed by atoms with E-state index in [-0.39, 0.29) is 25.0 Å². The van der Waals surface area contributed by atoms with Crippen molar-refractivity contribution in [1.29, 1.82) is 0 Å². The predicted octanol–water partition coefficient (Wildman–Crippen LogP) is 5.49. The Hall–Kier alpha value is -3.96. The van der Waals surface area contributed by atoms with Crippen molar-refractivity contribution in [2.75, 3.05) is 11.9 Å². The summed E-state index contributed by atoms with van der Waals surface area (Å²) in [5.41, 5.74) is 10.7. The lowest BCUT2D eigenvalue weighted by molar-refractivity contribution is -0.117. The molecule has 5 nitrogen and oxygen atoms in total. The van der Waals surface area contributed by atoms with E-state index in [2.05, 4.69) is 5.32 Å². The van der Waals surface area contributed by atoms with E-state index in [1.807, 2.05) is 74.5 Å². The molecule has 0 spiro atoms. The van der Waals surface area contributed by atoms with Gasteiger partial charge in [-0.1, -0.05) is 72.3 Å². The molecule has 4 aromatic rings. The Morgan fingerprint density at radius 2 is 1.76 bits per heavy atom. The maximum atomic E-state index is 13.0. The molecule has 34 heavy (non-hydrogen) atoms. The van der Waals surface area contributed by atoms with Gasteiger partial charge in [0.1, 0.15) is 6.61 Å². The van der Waals surface area contributed by atoms with E-state index in [1.54, 1.807) is 18.2 Å². The van der Waals surface area contributed by atoms with Gasteiger partial charge in [-0.25, -0.2) is 4.79 Å². The Balaban J connectivity index is 1.40. The molecule has 0 aliphatic heterocycles. The van der Waals surface area contributed by atoms with Crippen LogP contribution in [0.5, 0.6) is 0 Å². The van der Waals surface area contributed by atoms with Gasteiger partial charge in [0.05, 0.1) is 12.9 Å². The van der Waals surface area contributed by atoms with Crippen LogP contribution in [0.25, 0.3) is 10.8 Å². The van der Waals surface area contributed by atoms with Crippen molar-refractivity contribution < 1.29 is 15.7 Å². The molecule has 0 unspecified atom stereocenters. The molecule has 0 bridgehead atoms. The lowest BCUT2D eigenvalue weighted by atomic mass is 9.97. The number of aryl methyl sites for hydroxylation is 2. The molecule has 1 amide bonds. The van der Waals surface area contributed by atoms with Crippen molar-refractivity contribution in [1.82, 2.24) is 0 Å². The average Bonchev–Trinajstić information content (AvgIpc) is 2.84. The summed E-state index contributed by atoms with van der Waals surface area (Å²) in [5.74, 6) is -1.10. The standard InChI is InChI=1S/C29H28N2O3/c1-19-7-14-26(20(2)15-19)29(33)34-18-21-8-10-23(11-9-21)27(17-30)28(32)31-25-13-12-22-5-3-4-6-24(22)16-25/h3-16,27H,17-18,30H2,1-2H3,(H,31,32)/t27-/m1/s1/i5D. The van der Waals surface area contributed by atoms with Gasteiger partial charge in [-0.3, -0.25) is 4.79 Å². The minimum absolute atomic E-state index is 0.140. The molecule has 0 saturated carbocycles. The Morgan fingerprint density at radius 1 is 0.971 bits per heavy atom. The summed E-state index contributed by atoms with van der Waals surface area (Å²) in [6, 6.07) is 24.4. The van der Waals surface area contributed by atoms with E-state index in [0.29, 0.717) is 17.3 Å². The highest BCUT2D eigenvalue weighted by Gasteiger charge is 2.19. The first-order valence-electron chi connectivity index (χ1n) is 11.7. The minimum Gasteiger partial charge on any atom is -0.457 e. The number of rotatable bonds is 7. The molecule has 4 rings (SSSR count). The van der Waals surface area contributed by atoms with Gasteiger partial charge in [0.25, 0.3) is 0 Å². The van der Waals surface area contributed by atoms with Crippen LogP contribution in [0.15, 0.2) is 84.9 Å². The zero-order chi connectivity index (χ0) is 24.9. The zero-order valence-electron chi connectivity index (χ0n) is 20.3. The van der Waals surface area contributed by atoms with Crippen molar-refractivity contribution in [2.24, 2.45) is 5.73 Å². The fourth-order valence-electron chi connectivity index (χ4n) is 3.94. The highest BCUT2D eigenvalue weighted by Crippen LogP contribution is 2.22. The summed E-state index contributed by atoms with van der Waals surface area (Å²) < 4.78 is 13.5. The van der Waals surface area contributed by atoms with E-state index < -0.39 is 5.92 Å². The van der Waals surface area contributed by atoms with Crippen LogP contribution in [0.1, 0.15) is 39.9 Å². The molecular weight excluding hydrogens is 424 g/mol. The van der Waals surface area contributed by atoms with Crippen LogP contribution in [-0.4, -0.2) is 18.4 Å². The maximum Gasteiger partial charge on any atom is 0.338 e. The third-order valence-corrected chi connectivity index (χ3v) is 5.84. The predicted molar refractivity (Wildman–Crippen MR) is 136 cm³/mol. The molecule has 0 radical (unpaired) electrons. The molecule has 3 N–H and O–H groups in total. The van der Waals surface area contributed by atoms with Crippen molar-refractivity contribution in [3.63, 3.8) is 0 Å². The summed E-state index contributed by atoms with van der Waals surface area (Å²) in [7, 11) is 0. The maximum absolute atomic E-state index is 13.0. The first-order chi connectivity index (χ1) is 16.9.